The van der Waals surface area contributed by atoms with Gasteiger partial charge in [-0.05, 0) is 17.8 Å². The number of nitrogens with zero attached hydrogens (tertiary/aromatic N) is 3. The number of ether oxygens (including phenoxy) is 1. The molecule has 0 fully saturated rings. The average molecular weight is 441 g/mol. The zero-order valence-electron chi connectivity index (χ0n) is 16.6. The van der Waals surface area contributed by atoms with Gasteiger partial charge in [0.2, 0.25) is 5.43 Å². The van der Waals surface area contributed by atoms with Crippen molar-refractivity contribution in [1.82, 2.24) is 5.01 Å². The van der Waals surface area contributed by atoms with Crippen LogP contribution >= 0.6 is 0 Å². The minimum atomic E-state index is -4.96. The molecule has 1 N–H and O–H groups in total. The fourth-order valence-corrected chi connectivity index (χ4v) is 2.80. The molecule has 10 nitrogen and oxygen atoms in total. The van der Waals surface area contributed by atoms with Crippen molar-refractivity contribution in [2.24, 2.45) is 10.3 Å². The molecule has 0 bridgehead atoms. The number of hydrogen-bond acceptors (Lipinski definition) is 8. The van der Waals surface area contributed by atoms with Crippen LogP contribution in [0.25, 0.3) is 22.1 Å². The average Bonchev–Trinajstić information content (AvgIpc) is 2.65. The number of rotatable bonds is 6. The van der Waals surface area contributed by atoms with Crippen molar-refractivity contribution in [1.29, 1.82) is 0 Å². The molecule has 0 amide bonds. The predicted molar refractivity (Wildman–Crippen MR) is 104 cm³/mol. The van der Waals surface area contributed by atoms with E-state index in [2.05, 4.69) is 20.6 Å². The van der Waals surface area contributed by atoms with Crippen LogP contribution in [0.1, 0.15) is 0 Å². The van der Waals surface area contributed by atoms with Crippen molar-refractivity contribution >= 4 is 27.1 Å². The number of benzene rings is 2. The van der Waals surface area contributed by atoms with Gasteiger partial charge < -0.3 is 13.3 Å². The summed E-state index contributed by atoms with van der Waals surface area (Å²) in [6.45, 7) is 0. The molecule has 152 valence electrons. The molecule has 0 aliphatic carbocycles. The summed E-state index contributed by atoms with van der Waals surface area (Å²) in [4.78, 5) is 13.1. The van der Waals surface area contributed by atoms with Crippen molar-refractivity contribution < 1.29 is 55.9 Å². The minimum absolute atomic E-state index is 0. The van der Waals surface area contributed by atoms with Gasteiger partial charge in [0, 0.05) is 20.2 Å². The van der Waals surface area contributed by atoms with Gasteiger partial charge in [-0.2, -0.15) is 31.7 Å². The van der Waals surface area contributed by atoms with Crippen molar-refractivity contribution in [2.75, 3.05) is 21.2 Å². The van der Waals surface area contributed by atoms with Crippen LogP contribution < -0.4 is 43.9 Å². The van der Waals surface area contributed by atoms with Crippen LogP contribution in [-0.2, 0) is 10.4 Å². The smallest absolute Gasteiger partial charge is 0.497 e. The minimum Gasteiger partial charge on any atom is -0.497 e. The van der Waals surface area contributed by atoms with Gasteiger partial charge in [0.25, 0.3) is 0 Å². The molecule has 0 unspecified atom stereocenters. The molecule has 30 heavy (non-hydrogen) atoms. The summed E-state index contributed by atoms with van der Waals surface area (Å²) >= 11 is 0. The van der Waals surface area contributed by atoms with Crippen molar-refractivity contribution in [2.45, 2.75) is 0 Å². The first-order chi connectivity index (χ1) is 13.7. The summed E-state index contributed by atoms with van der Waals surface area (Å²) in [7, 11) is -0.180. The Morgan fingerprint density at radius 2 is 1.93 bits per heavy atom. The summed E-state index contributed by atoms with van der Waals surface area (Å²) in [5.41, 5.74) is -0.249. The summed E-state index contributed by atoms with van der Waals surface area (Å²) < 4.78 is 46.8. The summed E-state index contributed by atoms with van der Waals surface area (Å²) in [6.07, 6.45) is 0. The number of fused-ring (bicyclic) bond motifs is 1. The van der Waals surface area contributed by atoms with Gasteiger partial charge >= 0.3 is 45.9 Å². The molecule has 2 aromatic carbocycles. The van der Waals surface area contributed by atoms with Crippen LogP contribution in [0, 0.1) is 6.07 Å². The van der Waals surface area contributed by atoms with Crippen molar-refractivity contribution in [3.05, 3.63) is 52.7 Å². The van der Waals surface area contributed by atoms with E-state index in [0.29, 0.717) is 5.75 Å². The molecule has 3 rings (SSSR count). The number of hydrogen-bond donors (Lipinski definition) is 1. The topological polar surface area (TPSA) is 131 Å². The van der Waals surface area contributed by atoms with Gasteiger partial charge in [-0.15, -0.1) is 11.6 Å². The van der Waals surface area contributed by atoms with Crippen LogP contribution in [0.4, 0.5) is 5.69 Å². The van der Waals surface area contributed by atoms with E-state index in [1.54, 1.807) is 20.2 Å². The van der Waals surface area contributed by atoms with E-state index in [1.807, 2.05) is 0 Å². The van der Waals surface area contributed by atoms with Crippen LogP contribution in [0.2, 0.25) is 0 Å². The Morgan fingerprint density at radius 3 is 2.57 bits per heavy atom. The maximum absolute atomic E-state index is 13.1. The molecular weight excluding hydrogens is 425 g/mol. The molecular formula is C18H16N3NaO7S. The largest absolute Gasteiger partial charge is 1.00 e. The number of methoxy groups -OCH3 is 1. The molecule has 0 radical (unpaired) electrons. The Hall–Kier alpha value is -2.44. The van der Waals surface area contributed by atoms with Gasteiger partial charge in [-0.25, -0.2) is 0 Å². The standard InChI is InChI=1S/C18H16N3O7S.Na/c1-21(2)20-19-12-6-4-5-11(9-12)16-17(22)14-8-7-13(26-3)10-15(14)27-18(16)28-29(23,24)25;/h4-5,7-10H,1-3H3,(H,23,24,25);/q-1;+1. The Bertz CT molecular complexity index is 1260. The van der Waals surface area contributed by atoms with Crippen molar-refractivity contribution in [3.63, 3.8) is 0 Å². The van der Waals surface area contributed by atoms with Gasteiger partial charge in [0.05, 0.1) is 18.1 Å². The monoisotopic (exact) mass is 441 g/mol. The molecule has 0 aliphatic heterocycles. The molecule has 1 heterocycles. The van der Waals surface area contributed by atoms with E-state index in [1.165, 1.54) is 42.5 Å². The SMILES string of the molecule is COc1ccc2c(=O)c(-c3cc[c-]c(N=NN(C)C)c3)c(OS(=O)(=O)O)oc2c1.[Na+]. The van der Waals surface area contributed by atoms with E-state index in [0.717, 1.165) is 0 Å². The second kappa shape index (κ2) is 9.58. The van der Waals surface area contributed by atoms with E-state index in [4.69, 9.17) is 13.7 Å². The molecule has 12 heteroatoms. The van der Waals surface area contributed by atoms with E-state index < -0.39 is 21.8 Å². The Morgan fingerprint density at radius 1 is 1.20 bits per heavy atom. The van der Waals surface area contributed by atoms with E-state index >= 15 is 0 Å². The Balaban J connectivity index is 0.00000320. The molecule has 0 saturated heterocycles. The second-order valence-electron chi connectivity index (χ2n) is 5.97. The Kier molecular flexibility index (Phi) is 7.61. The van der Waals surface area contributed by atoms with Gasteiger partial charge in [-0.3, -0.25) is 14.4 Å². The third-order valence-corrected chi connectivity index (χ3v) is 4.02. The fourth-order valence-electron chi connectivity index (χ4n) is 2.49. The Labute approximate surface area is 194 Å². The van der Waals surface area contributed by atoms with Gasteiger partial charge in [0.15, 0.2) is 0 Å². The van der Waals surface area contributed by atoms with Crippen molar-refractivity contribution in [3.8, 4) is 22.8 Å². The summed E-state index contributed by atoms with van der Waals surface area (Å²) in [6, 6.07) is 11.7. The van der Waals surface area contributed by atoms with Crippen LogP contribution in [-0.4, -0.2) is 39.2 Å². The van der Waals surface area contributed by atoms with Crippen LogP contribution in [0.3, 0.4) is 0 Å². The normalized spacial score (nSPS) is 11.3. The molecule has 0 saturated carbocycles. The summed E-state index contributed by atoms with van der Waals surface area (Å²) in [5.74, 6) is -0.313. The van der Waals surface area contributed by atoms with E-state index in [9.17, 15) is 13.2 Å². The van der Waals surface area contributed by atoms with Crippen LogP contribution in [0.5, 0.6) is 11.7 Å². The second-order valence-corrected chi connectivity index (χ2v) is 6.99. The van der Waals surface area contributed by atoms with Gasteiger partial charge in [0.1, 0.15) is 11.3 Å². The molecule has 0 spiro atoms. The van der Waals surface area contributed by atoms with Crippen LogP contribution in [0.15, 0.2) is 55.9 Å². The van der Waals surface area contributed by atoms with Gasteiger partial charge in [-0.1, -0.05) is 5.22 Å². The fraction of sp³-hybridized carbons (Fsp3) is 0.167. The maximum atomic E-state index is 13.1. The quantitative estimate of drug-likeness (QED) is 0.186. The molecule has 0 aliphatic rings. The summed E-state index contributed by atoms with van der Waals surface area (Å²) in [5, 5.41) is 9.42. The third-order valence-electron chi connectivity index (χ3n) is 3.65. The zero-order valence-corrected chi connectivity index (χ0v) is 19.4. The zero-order chi connectivity index (χ0) is 21.2. The third kappa shape index (κ3) is 5.58. The first kappa shape index (κ1) is 23.8. The maximum Gasteiger partial charge on any atom is 1.00 e. The molecule has 0 atom stereocenters. The first-order valence-electron chi connectivity index (χ1n) is 8.11. The predicted octanol–water partition coefficient (Wildman–Crippen LogP) is 0.0147. The first-order valence-corrected chi connectivity index (χ1v) is 9.47. The molecule has 1 aromatic heterocycles. The molecule has 3 aromatic rings. The van der Waals surface area contributed by atoms with E-state index in [-0.39, 0.29) is 57.3 Å².